The number of aromatic nitrogens is 4. The van der Waals surface area contributed by atoms with Crippen molar-refractivity contribution in [2.24, 2.45) is 0 Å². The van der Waals surface area contributed by atoms with Crippen LogP contribution in [0, 0.1) is 0 Å². The molecule has 0 bridgehead atoms. The monoisotopic (exact) mass is 310 g/mol. The molecule has 0 aliphatic rings. The number of fused-ring (bicyclic) bond motifs is 1. The average Bonchev–Trinajstić information content (AvgIpc) is 2.42. The van der Waals surface area contributed by atoms with Gasteiger partial charge in [-0.25, -0.2) is 19.9 Å². The first kappa shape index (κ1) is 12.5. The van der Waals surface area contributed by atoms with Crippen LogP contribution in [0.2, 0.25) is 15.5 Å². The van der Waals surface area contributed by atoms with Crippen molar-refractivity contribution in [1.29, 1.82) is 0 Å². The summed E-state index contributed by atoms with van der Waals surface area (Å²) in [5.41, 5.74) is 1.48. The summed E-state index contributed by atoms with van der Waals surface area (Å²) in [6.07, 6.45) is 0. The molecule has 0 radical (unpaired) electrons. The van der Waals surface area contributed by atoms with E-state index in [1.165, 1.54) is 0 Å². The molecule has 0 amide bonds. The molecular weight excluding hydrogens is 307 g/mol. The smallest absolute Gasteiger partial charge is 0.185 e. The van der Waals surface area contributed by atoms with Gasteiger partial charge in [-0.1, -0.05) is 65.1 Å². The van der Waals surface area contributed by atoms with Crippen molar-refractivity contribution < 1.29 is 0 Å². The summed E-state index contributed by atoms with van der Waals surface area (Å²) in [6.45, 7) is 0. The van der Waals surface area contributed by atoms with E-state index >= 15 is 0 Å². The van der Waals surface area contributed by atoms with Crippen molar-refractivity contribution in [2.45, 2.75) is 0 Å². The number of hydrogen-bond acceptors (Lipinski definition) is 4. The van der Waals surface area contributed by atoms with E-state index in [1.54, 1.807) is 0 Å². The standard InChI is InChI=1S/C12H5Cl3N4/c13-8-7-12(18-10(15)9(14)16-7)19-11(17-8)6-4-2-1-3-5-6/h1-5H. The van der Waals surface area contributed by atoms with E-state index < -0.39 is 0 Å². The topological polar surface area (TPSA) is 51.6 Å². The molecular formula is C12H5Cl3N4. The lowest BCUT2D eigenvalue weighted by Crippen LogP contribution is -1.96. The van der Waals surface area contributed by atoms with Crippen LogP contribution in [-0.2, 0) is 0 Å². The van der Waals surface area contributed by atoms with Crippen LogP contribution in [0.5, 0.6) is 0 Å². The molecule has 0 aliphatic heterocycles. The number of benzene rings is 1. The van der Waals surface area contributed by atoms with Gasteiger partial charge in [0.25, 0.3) is 0 Å². The van der Waals surface area contributed by atoms with Crippen LogP contribution in [0.3, 0.4) is 0 Å². The fourth-order valence-electron chi connectivity index (χ4n) is 1.59. The molecule has 0 fully saturated rings. The molecule has 7 heteroatoms. The van der Waals surface area contributed by atoms with Crippen molar-refractivity contribution in [2.75, 3.05) is 0 Å². The second-order valence-electron chi connectivity index (χ2n) is 3.68. The highest BCUT2D eigenvalue weighted by Gasteiger charge is 2.13. The second-order valence-corrected chi connectivity index (χ2v) is 4.76. The van der Waals surface area contributed by atoms with Gasteiger partial charge in [-0.3, -0.25) is 0 Å². The largest absolute Gasteiger partial charge is 0.226 e. The number of rotatable bonds is 1. The lowest BCUT2D eigenvalue weighted by atomic mass is 10.2. The molecule has 1 aromatic carbocycles. The predicted molar refractivity (Wildman–Crippen MR) is 75.6 cm³/mol. The van der Waals surface area contributed by atoms with E-state index in [1.807, 2.05) is 30.3 Å². The number of hydrogen-bond donors (Lipinski definition) is 0. The molecule has 94 valence electrons. The molecule has 19 heavy (non-hydrogen) atoms. The van der Waals surface area contributed by atoms with E-state index in [0.717, 1.165) is 5.56 Å². The Balaban J connectivity index is 2.28. The number of nitrogens with zero attached hydrogens (tertiary/aromatic N) is 4. The Kier molecular flexibility index (Phi) is 3.22. The molecule has 3 aromatic rings. The van der Waals surface area contributed by atoms with Gasteiger partial charge in [-0.15, -0.1) is 0 Å². The Hall–Kier alpha value is -1.49. The number of halogens is 3. The summed E-state index contributed by atoms with van der Waals surface area (Å²) in [6, 6.07) is 9.43. The van der Waals surface area contributed by atoms with Crippen LogP contribution in [-0.4, -0.2) is 19.9 Å². The lowest BCUT2D eigenvalue weighted by Gasteiger charge is -2.04. The van der Waals surface area contributed by atoms with Gasteiger partial charge < -0.3 is 0 Å². The zero-order valence-corrected chi connectivity index (χ0v) is 11.6. The highest BCUT2D eigenvalue weighted by Crippen LogP contribution is 2.26. The molecule has 0 atom stereocenters. The van der Waals surface area contributed by atoms with Gasteiger partial charge in [0.05, 0.1) is 0 Å². The molecule has 4 nitrogen and oxygen atoms in total. The van der Waals surface area contributed by atoms with E-state index in [0.29, 0.717) is 17.0 Å². The van der Waals surface area contributed by atoms with Crippen LogP contribution in [0.15, 0.2) is 30.3 Å². The molecule has 2 aromatic heterocycles. The predicted octanol–water partition coefficient (Wildman–Crippen LogP) is 4.05. The van der Waals surface area contributed by atoms with Gasteiger partial charge in [0.2, 0.25) is 0 Å². The minimum absolute atomic E-state index is 0.0760. The molecule has 0 N–H and O–H groups in total. The normalized spacial score (nSPS) is 10.9. The van der Waals surface area contributed by atoms with E-state index in [9.17, 15) is 0 Å². The quantitative estimate of drug-likeness (QED) is 0.636. The fourth-order valence-corrected chi connectivity index (χ4v) is 2.05. The van der Waals surface area contributed by atoms with Gasteiger partial charge in [0.15, 0.2) is 26.9 Å². The molecule has 0 unspecified atom stereocenters. The summed E-state index contributed by atoms with van der Waals surface area (Å²) in [7, 11) is 0. The second kappa shape index (κ2) is 4.89. The van der Waals surface area contributed by atoms with Gasteiger partial charge in [-0.05, 0) is 0 Å². The Labute approximate surface area is 123 Å². The Bertz CT molecular complexity index is 762. The highest BCUT2D eigenvalue weighted by atomic mass is 35.5. The van der Waals surface area contributed by atoms with Crippen molar-refractivity contribution in [3.8, 4) is 11.4 Å². The molecule has 0 saturated carbocycles. The average molecular weight is 312 g/mol. The third-order valence-corrected chi connectivity index (χ3v) is 3.33. The van der Waals surface area contributed by atoms with E-state index in [2.05, 4.69) is 19.9 Å². The van der Waals surface area contributed by atoms with Crippen molar-refractivity contribution in [3.63, 3.8) is 0 Å². The first-order chi connectivity index (χ1) is 9.15. The lowest BCUT2D eigenvalue weighted by molar-refractivity contribution is 1.15. The van der Waals surface area contributed by atoms with Crippen molar-refractivity contribution >= 4 is 46.0 Å². The van der Waals surface area contributed by atoms with Crippen LogP contribution in [0.4, 0.5) is 0 Å². The molecule has 0 saturated heterocycles. The maximum Gasteiger partial charge on any atom is 0.185 e. The van der Waals surface area contributed by atoms with Gasteiger partial charge >= 0.3 is 0 Å². The van der Waals surface area contributed by atoms with Crippen LogP contribution >= 0.6 is 34.8 Å². The SMILES string of the molecule is Clc1nc2nc(-c3ccccc3)nc(Cl)c2nc1Cl. The van der Waals surface area contributed by atoms with E-state index in [-0.39, 0.29) is 15.5 Å². The summed E-state index contributed by atoms with van der Waals surface area (Å²) in [4.78, 5) is 16.6. The first-order valence-electron chi connectivity index (χ1n) is 5.27. The zero-order chi connectivity index (χ0) is 13.4. The Morgan fingerprint density at radius 1 is 0.684 bits per heavy atom. The third kappa shape index (κ3) is 2.34. The minimum atomic E-state index is 0.0760. The van der Waals surface area contributed by atoms with Crippen LogP contribution in [0.25, 0.3) is 22.6 Å². The van der Waals surface area contributed by atoms with Crippen LogP contribution in [0.1, 0.15) is 0 Å². The Morgan fingerprint density at radius 2 is 1.37 bits per heavy atom. The fraction of sp³-hybridized carbons (Fsp3) is 0. The first-order valence-corrected chi connectivity index (χ1v) is 6.40. The zero-order valence-electron chi connectivity index (χ0n) is 9.31. The van der Waals surface area contributed by atoms with Crippen molar-refractivity contribution in [3.05, 3.63) is 45.8 Å². The van der Waals surface area contributed by atoms with Gasteiger partial charge in [0.1, 0.15) is 5.52 Å². The highest BCUT2D eigenvalue weighted by molar-refractivity contribution is 6.41. The molecule has 3 rings (SSSR count). The summed E-state index contributed by atoms with van der Waals surface area (Å²) >= 11 is 17.7. The molecule has 2 heterocycles. The summed E-state index contributed by atoms with van der Waals surface area (Å²) < 4.78 is 0. The third-order valence-electron chi connectivity index (χ3n) is 2.44. The minimum Gasteiger partial charge on any atom is -0.226 e. The maximum atomic E-state index is 6.08. The van der Waals surface area contributed by atoms with Gasteiger partial charge in [-0.2, -0.15) is 0 Å². The maximum absolute atomic E-state index is 6.08. The van der Waals surface area contributed by atoms with Gasteiger partial charge in [0, 0.05) is 5.56 Å². The summed E-state index contributed by atoms with van der Waals surface area (Å²) in [5.74, 6) is 0.464. The van der Waals surface area contributed by atoms with Crippen LogP contribution < -0.4 is 0 Å². The molecule has 0 spiro atoms. The van der Waals surface area contributed by atoms with E-state index in [4.69, 9.17) is 34.8 Å². The summed E-state index contributed by atoms with van der Waals surface area (Å²) in [5, 5.41) is 0.352. The molecule has 0 aliphatic carbocycles. The Morgan fingerprint density at radius 3 is 2.11 bits per heavy atom. The van der Waals surface area contributed by atoms with Crippen molar-refractivity contribution in [1.82, 2.24) is 19.9 Å².